The van der Waals surface area contributed by atoms with Crippen molar-refractivity contribution in [3.8, 4) is 0 Å². The summed E-state index contributed by atoms with van der Waals surface area (Å²) in [5, 5.41) is 0. The van der Waals surface area contributed by atoms with Crippen molar-refractivity contribution in [1.82, 2.24) is 0 Å². The molecule has 0 bridgehead atoms. The lowest BCUT2D eigenvalue weighted by Crippen LogP contribution is -2.33. The fourth-order valence-electron chi connectivity index (χ4n) is 1.24. The predicted molar refractivity (Wildman–Crippen MR) is 66.3 cm³/mol. The second-order valence-corrected chi connectivity index (χ2v) is 5.25. The molecule has 5 heteroatoms. The third-order valence-corrected chi connectivity index (χ3v) is 3.87. The lowest BCUT2D eigenvalue weighted by atomic mass is 10.2. The van der Waals surface area contributed by atoms with E-state index in [9.17, 15) is 4.79 Å². The van der Waals surface area contributed by atoms with Gasteiger partial charge in [-0.05, 0) is 25.7 Å². The minimum Gasteiger partial charge on any atom is -0.463 e. The molecule has 0 atom stereocenters. The molecule has 0 saturated heterocycles. The number of rotatable bonds is 9. The number of carbonyl (C=O) groups excluding carboxylic acids is 1. The molecular weight excluding hydrogens is 224 g/mol. The molecule has 0 fully saturated rings. The van der Waals surface area contributed by atoms with Crippen LogP contribution in [0.15, 0.2) is 12.7 Å². The lowest BCUT2D eigenvalue weighted by Gasteiger charge is -2.26. The van der Waals surface area contributed by atoms with E-state index < -0.39 is 0 Å². The summed E-state index contributed by atoms with van der Waals surface area (Å²) in [4.78, 5) is 10.7. The second kappa shape index (κ2) is 8.49. The average Bonchev–Trinajstić information content (AvgIpc) is 2.32. The first-order valence-electron chi connectivity index (χ1n) is 5.47. The number of methoxy groups -OCH3 is 2. The molecule has 4 nitrogen and oxygen atoms in total. The highest BCUT2D eigenvalue weighted by atomic mass is 28.1. The zero-order valence-electron chi connectivity index (χ0n) is 10.5. The van der Waals surface area contributed by atoms with Crippen molar-refractivity contribution >= 4 is 16.2 Å². The van der Waals surface area contributed by atoms with E-state index in [2.05, 4.69) is 6.58 Å². The van der Waals surface area contributed by atoms with Gasteiger partial charge in [-0.15, -0.1) is 0 Å². The topological polar surface area (TPSA) is 44.8 Å². The largest absolute Gasteiger partial charge is 0.463 e. The van der Waals surface area contributed by atoms with E-state index in [4.69, 9.17) is 14.2 Å². The highest BCUT2D eigenvalue weighted by Gasteiger charge is 2.20. The molecule has 0 N–H and O–H groups in total. The lowest BCUT2D eigenvalue weighted by molar-refractivity contribution is -0.147. The quantitative estimate of drug-likeness (QED) is 0.196. The Morgan fingerprint density at radius 3 is 2.44 bits per heavy atom. The summed E-state index contributed by atoms with van der Waals surface area (Å²) in [5.74, 6) is -0.356. The van der Waals surface area contributed by atoms with Crippen LogP contribution in [0.2, 0.25) is 0 Å². The Bertz CT molecular complexity index is 214. The van der Waals surface area contributed by atoms with Crippen molar-refractivity contribution in [1.29, 1.82) is 0 Å². The molecule has 0 saturated carbocycles. The van der Waals surface area contributed by atoms with Crippen LogP contribution in [0.3, 0.4) is 0 Å². The molecule has 0 aromatic heterocycles. The first kappa shape index (κ1) is 15.3. The van der Waals surface area contributed by atoms with Crippen LogP contribution in [0, 0.1) is 0 Å². The monoisotopic (exact) mass is 246 g/mol. The number of carbonyl (C=O) groups is 1. The SMILES string of the molecule is C=CC(=O)OCCCCCC([SiH3])(OC)OC. The van der Waals surface area contributed by atoms with Crippen molar-refractivity contribution in [2.75, 3.05) is 20.8 Å². The maximum atomic E-state index is 10.7. The Morgan fingerprint density at radius 2 is 1.94 bits per heavy atom. The third kappa shape index (κ3) is 6.76. The Kier molecular flexibility index (Phi) is 8.15. The van der Waals surface area contributed by atoms with Gasteiger partial charge in [0.05, 0.1) is 16.8 Å². The van der Waals surface area contributed by atoms with Gasteiger partial charge in [-0.2, -0.15) is 0 Å². The van der Waals surface area contributed by atoms with Crippen LogP contribution in [0.4, 0.5) is 0 Å². The first-order valence-corrected chi connectivity index (χ1v) is 6.47. The summed E-state index contributed by atoms with van der Waals surface area (Å²) in [6, 6.07) is 0. The van der Waals surface area contributed by atoms with Gasteiger partial charge in [-0.3, -0.25) is 0 Å². The minimum atomic E-state index is -0.363. The van der Waals surface area contributed by atoms with E-state index in [0.717, 1.165) is 35.9 Å². The number of ether oxygens (including phenoxy) is 3. The third-order valence-electron chi connectivity index (χ3n) is 2.55. The molecule has 0 heterocycles. The molecule has 94 valence electrons. The number of esters is 1. The fraction of sp³-hybridized carbons (Fsp3) is 0.727. The minimum absolute atomic E-state index is 0.356. The van der Waals surface area contributed by atoms with Gasteiger partial charge < -0.3 is 14.2 Å². The highest BCUT2D eigenvalue weighted by molar-refractivity contribution is 6.13. The molecule has 0 aliphatic rings. The number of hydrogen-bond donors (Lipinski definition) is 0. The van der Waals surface area contributed by atoms with Crippen molar-refractivity contribution < 1.29 is 19.0 Å². The normalized spacial score (nSPS) is 11.4. The molecule has 0 unspecified atom stereocenters. The smallest absolute Gasteiger partial charge is 0.330 e. The first-order chi connectivity index (χ1) is 7.58. The molecule has 0 spiro atoms. The van der Waals surface area contributed by atoms with Gasteiger partial charge in [-0.25, -0.2) is 4.79 Å². The predicted octanol–water partition coefficient (Wildman–Crippen LogP) is 0.588. The van der Waals surface area contributed by atoms with Crippen molar-refractivity contribution in [2.45, 2.75) is 31.1 Å². The molecule has 0 aromatic carbocycles. The molecule has 0 aliphatic carbocycles. The number of unbranched alkanes of at least 4 members (excludes halogenated alkanes) is 2. The van der Waals surface area contributed by atoms with Gasteiger partial charge in [0.1, 0.15) is 5.41 Å². The summed E-state index contributed by atoms with van der Waals surface area (Å²) in [6.07, 6.45) is 4.95. The maximum absolute atomic E-state index is 10.7. The Labute approximate surface area is 100 Å². The zero-order valence-corrected chi connectivity index (χ0v) is 12.5. The molecule has 0 radical (unpaired) electrons. The summed E-state index contributed by atoms with van der Waals surface area (Å²) >= 11 is 0. The fourth-order valence-corrected chi connectivity index (χ4v) is 1.60. The molecule has 16 heavy (non-hydrogen) atoms. The van der Waals surface area contributed by atoms with Gasteiger partial charge in [0.15, 0.2) is 0 Å². The van der Waals surface area contributed by atoms with Crippen molar-refractivity contribution in [3.05, 3.63) is 12.7 Å². The van der Waals surface area contributed by atoms with Crippen LogP contribution >= 0.6 is 0 Å². The van der Waals surface area contributed by atoms with Gasteiger partial charge in [-0.1, -0.05) is 6.58 Å². The highest BCUT2D eigenvalue weighted by Crippen LogP contribution is 2.15. The van der Waals surface area contributed by atoms with Crippen LogP contribution in [0.25, 0.3) is 0 Å². The van der Waals surface area contributed by atoms with E-state index in [1.165, 1.54) is 6.08 Å². The molecule has 0 amide bonds. The van der Waals surface area contributed by atoms with Gasteiger partial charge in [0, 0.05) is 20.3 Å². The van der Waals surface area contributed by atoms with Crippen LogP contribution in [0.1, 0.15) is 25.7 Å². The van der Waals surface area contributed by atoms with E-state index in [0.29, 0.717) is 6.61 Å². The number of hydrogen-bond acceptors (Lipinski definition) is 4. The molecule has 0 aliphatic heterocycles. The Balaban J connectivity index is 3.46. The summed E-state index contributed by atoms with van der Waals surface area (Å²) in [6.45, 7) is 3.78. The Hall–Kier alpha value is -0.653. The summed E-state index contributed by atoms with van der Waals surface area (Å²) < 4.78 is 15.4. The van der Waals surface area contributed by atoms with Crippen LogP contribution in [-0.2, 0) is 19.0 Å². The molecular formula is C11H22O4Si. The van der Waals surface area contributed by atoms with Crippen LogP contribution in [0.5, 0.6) is 0 Å². The van der Waals surface area contributed by atoms with E-state index in [1.807, 2.05) is 0 Å². The zero-order chi connectivity index (χ0) is 12.4. The Morgan fingerprint density at radius 1 is 1.31 bits per heavy atom. The van der Waals surface area contributed by atoms with Gasteiger partial charge in [0.25, 0.3) is 0 Å². The second-order valence-electron chi connectivity index (χ2n) is 3.72. The molecule has 0 aromatic rings. The van der Waals surface area contributed by atoms with E-state index in [-0.39, 0.29) is 11.4 Å². The average molecular weight is 246 g/mol. The molecule has 0 rings (SSSR count). The van der Waals surface area contributed by atoms with E-state index >= 15 is 0 Å². The van der Waals surface area contributed by atoms with Gasteiger partial charge >= 0.3 is 5.97 Å². The van der Waals surface area contributed by atoms with Crippen molar-refractivity contribution in [3.63, 3.8) is 0 Å². The van der Waals surface area contributed by atoms with Crippen LogP contribution in [-0.4, -0.2) is 42.4 Å². The van der Waals surface area contributed by atoms with E-state index in [1.54, 1.807) is 14.2 Å². The standard InChI is InChI=1S/C11H22O4Si/c1-4-10(12)15-9-7-5-6-8-11(16,13-2)14-3/h4H,1,5-9H2,2-3,16H3. The summed E-state index contributed by atoms with van der Waals surface area (Å²) in [7, 11) is 4.18. The maximum Gasteiger partial charge on any atom is 0.330 e. The van der Waals surface area contributed by atoms with Crippen LogP contribution < -0.4 is 0 Å². The van der Waals surface area contributed by atoms with Gasteiger partial charge in [0.2, 0.25) is 0 Å². The van der Waals surface area contributed by atoms with Crippen molar-refractivity contribution in [2.24, 2.45) is 0 Å². The summed E-state index contributed by atoms with van der Waals surface area (Å²) in [5.41, 5.74) is -0.363.